The van der Waals surface area contributed by atoms with Gasteiger partial charge >= 0.3 is 0 Å². The molecule has 0 unspecified atom stereocenters. The third-order valence-corrected chi connectivity index (χ3v) is 5.80. The van der Waals surface area contributed by atoms with E-state index in [2.05, 4.69) is 60.6 Å². The highest BCUT2D eigenvalue weighted by Crippen LogP contribution is 2.27. The van der Waals surface area contributed by atoms with Gasteiger partial charge in [0.25, 0.3) is 0 Å². The zero-order valence-electron chi connectivity index (χ0n) is 18.0. The number of halogens is 1. The molecule has 3 rings (SSSR count). The number of nitrogens with zero attached hydrogens (tertiary/aromatic N) is 3. The zero-order valence-corrected chi connectivity index (χ0v) is 18.8. The molecule has 1 aromatic heterocycles. The molecule has 0 atom stereocenters. The molecule has 0 aliphatic heterocycles. The number of hydrogen-bond acceptors (Lipinski definition) is 4. The Bertz CT molecular complexity index is 1040. The van der Waals surface area contributed by atoms with E-state index >= 15 is 0 Å². The molecule has 2 aromatic carbocycles. The number of nitrogens with one attached hydrogen (secondary N) is 1. The number of aromatic nitrogens is 3. The number of thioether (sulfide) groups is 1. The van der Waals surface area contributed by atoms with E-state index in [4.69, 9.17) is 0 Å². The SMILES string of the molecule is CCn1c(SCC(=O)Nc2ccc(C)c(F)c2)nnc1-c1ccc(C(C)(C)C)cc1. The van der Waals surface area contributed by atoms with Crippen molar-refractivity contribution >= 4 is 23.4 Å². The number of anilines is 1. The van der Waals surface area contributed by atoms with Gasteiger partial charge in [-0.25, -0.2) is 4.39 Å². The van der Waals surface area contributed by atoms with Gasteiger partial charge in [-0.05, 0) is 42.5 Å². The normalized spacial score (nSPS) is 11.5. The van der Waals surface area contributed by atoms with Crippen LogP contribution >= 0.6 is 11.8 Å². The third-order valence-electron chi connectivity index (χ3n) is 4.83. The Labute approximate surface area is 181 Å². The molecular formula is C23H27FN4OS. The van der Waals surface area contributed by atoms with Crippen LogP contribution in [0.25, 0.3) is 11.4 Å². The first-order chi connectivity index (χ1) is 14.2. The predicted molar refractivity (Wildman–Crippen MR) is 120 cm³/mol. The lowest BCUT2D eigenvalue weighted by molar-refractivity contribution is -0.113. The molecule has 0 aliphatic carbocycles. The lowest BCUT2D eigenvalue weighted by Gasteiger charge is -2.19. The van der Waals surface area contributed by atoms with Crippen LogP contribution in [-0.2, 0) is 16.8 Å². The summed E-state index contributed by atoms with van der Waals surface area (Å²) in [5.74, 6) is 0.385. The second-order valence-corrected chi connectivity index (χ2v) is 9.12. The predicted octanol–water partition coefficient (Wildman–Crippen LogP) is 5.44. The Kier molecular flexibility index (Phi) is 6.61. The Morgan fingerprint density at radius 1 is 1.13 bits per heavy atom. The van der Waals surface area contributed by atoms with Gasteiger partial charge in [0, 0.05) is 17.8 Å². The molecule has 0 spiro atoms. The van der Waals surface area contributed by atoms with Crippen LogP contribution in [0.15, 0.2) is 47.6 Å². The van der Waals surface area contributed by atoms with Crippen LogP contribution in [0.5, 0.6) is 0 Å². The molecule has 1 amide bonds. The summed E-state index contributed by atoms with van der Waals surface area (Å²) in [5, 5.41) is 12.0. The quantitative estimate of drug-likeness (QED) is 0.533. The van der Waals surface area contributed by atoms with Gasteiger partial charge < -0.3 is 9.88 Å². The average molecular weight is 427 g/mol. The van der Waals surface area contributed by atoms with Crippen LogP contribution < -0.4 is 5.32 Å². The third kappa shape index (κ3) is 5.08. The molecule has 0 saturated carbocycles. The van der Waals surface area contributed by atoms with Crippen molar-refractivity contribution in [2.24, 2.45) is 0 Å². The maximum Gasteiger partial charge on any atom is 0.234 e. The summed E-state index contributed by atoms with van der Waals surface area (Å²) in [6.45, 7) is 10.9. The van der Waals surface area contributed by atoms with E-state index in [0.29, 0.717) is 23.0 Å². The molecule has 1 heterocycles. The topological polar surface area (TPSA) is 59.8 Å². The van der Waals surface area contributed by atoms with Crippen LogP contribution in [-0.4, -0.2) is 26.4 Å². The van der Waals surface area contributed by atoms with Crippen LogP contribution in [0, 0.1) is 12.7 Å². The Morgan fingerprint density at radius 3 is 2.43 bits per heavy atom. The summed E-state index contributed by atoms with van der Waals surface area (Å²) in [5.41, 5.74) is 3.32. The van der Waals surface area contributed by atoms with Crippen LogP contribution in [0.4, 0.5) is 10.1 Å². The summed E-state index contributed by atoms with van der Waals surface area (Å²) < 4.78 is 15.7. The van der Waals surface area contributed by atoms with Gasteiger partial charge in [-0.3, -0.25) is 4.79 Å². The molecule has 30 heavy (non-hydrogen) atoms. The maximum absolute atomic E-state index is 13.7. The number of carbonyl (C=O) groups is 1. The molecule has 0 aliphatic rings. The average Bonchev–Trinajstić information content (AvgIpc) is 3.11. The van der Waals surface area contributed by atoms with Gasteiger partial charge in [-0.2, -0.15) is 0 Å². The minimum atomic E-state index is -0.340. The van der Waals surface area contributed by atoms with E-state index in [-0.39, 0.29) is 22.9 Å². The van der Waals surface area contributed by atoms with E-state index < -0.39 is 0 Å². The first kappa shape index (κ1) is 22.0. The number of amides is 1. The van der Waals surface area contributed by atoms with Gasteiger partial charge in [0.05, 0.1) is 5.75 Å². The lowest BCUT2D eigenvalue weighted by Crippen LogP contribution is -2.15. The maximum atomic E-state index is 13.7. The summed E-state index contributed by atoms with van der Waals surface area (Å²) in [6, 6.07) is 13.0. The van der Waals surface area contributed by atoms with Gasteiger partial charge in [-0.1, -0.05) is 62.9 Å². The van der Waals surface area contributed by atoms with Crippen molar-refractivity contribution in [2.75, 3.05) is 11.1 Å². The number of benzene rings is 2. The zero-order chi connectivity index (χ0) is 21.9. The molecule has 1 N–H and O–H groups in total. The van der Waals surface area contributed by atoms with Crippen molar-refractivity contribution in [3.05, 3.63) is 59.4 Å². The summed E-state index contributed by atoms with van der Waals surface area (Å²) in [4.78, 5) is 12.3. The molecule has 5 nitrogen and oxygen atoms in total. The Balaban J connectivity index is 1.69. The van der Waals surface area contributed by atoms with Crippen molar-refractivity contribution < 1.29 is 9.18 Å². The second kappa shape index (κ2) is 9.00. The van der Waals surface area contributed by atoms with Crippen molar-refractivity contribution in [3.8, 4) is 11.4 Å². The fourth-order valence-electron chi connectivity index (χ4n) is 3.01. The monoisotopic (exact) mass is 426 g/mol. The molecule has 0 radical (unpaired) electrons. The molecular weight excluding hydrogens is 399 g/mol. The Morgan fingerprint density at radius 2 is 1.83 bits per heavy atom. The lowest BCUT2D eigenvalue weighted by atomic mass is 9.87. The minimum Gasteiger partial charge on any atom is -0.325 e. The highest BCUT2D eigenvalue weighted by atomic mass is 32.2. The Hall–Kier alpha value is -2.67. The van der Waals surface area contributed by atoms with Crippen molar-refractivity contribution in [2.45, 2.75) is 51.7 Å². The van der Waals surface area contributed by atoms with Gasteiger partial charge in [0.1, 0.15) is 5.82 Å². The van der Waals surface area contributed by atoms with Gasteiger partial charge in [0.2, 0.25) is 5.91 Å². The highest BCUT2D eigenvalue weighted by Gasteiger charge is 2.17. The number of aryl methyl sites for hydroxylation is 1. The fourth-order valence-corrected chi connectivity index (χ4v) is 3.81. The minimum absolute atomic E-state index is 0.0890. The fraction of sp³-hybridized carbons (Fsp3) is 0.348. The number of hydrogen-bond donors (Lipinski definition) is 1. The molecule has 7 heteroatoms. The highest BCUT2D eigenvalue weighted by molar-refractivity contribution is 7.99. The standard InChI is InChI=1S/C23H27FN4OS/c1-6-28-21(16-8-10-17(11-9-16)23(3,4)5)26-27-22(28)30-14-20(29)25-18-12-7-15(2)19(24)13-18/h7-13H,6,14H2,1-5H3,(H,25,29). The van der Waals surface area contributed by atoms with Crippen LogP contribution in [0.1, 0.15) is 38.8 Å². The molecule has 158 valence electrons. The van der Waals surface area contributed by atoms with Crippen molar-refractivity contribution in [1.29, 1.82) is 0 Å². The number of rotatable bonds is 6. The first-order valence-corrected chi connectivity index (χ1v) is 10.9. The second-order valence-electron chi connectivity index (χ2n) is 8.18. The molecule has 0 bridgehead atoms. The van der Waals surface area contributed by atoms with E-state index in [1.54, 1.807) is 19.1 Å². The summed E-state index contributed by atoms with van der Waals surface area (Å²) in [6.07, 6.45) is 0. The first-order valence-electron chi connectivity index (χ1n) is 9.92. The van der Waals surface area contributed by atoms with Gasteiger partial charge in [-0.15, -0.1) is 10.2 Å². The van der Waals surface area contributed by atoms with E-state index in [1.807, 2.05) is 11.5 Å². The largest absolute Gasteiger partial charge is 0.325 e. The molecule has 3 aromatic rings. The van der Waals surface area contributed by atoms with E-state index in [0.717, 1.165) is 11.4 Å². The van der Waals surface area contributed by atoms with Crippen LogP contribution in [0.2, 0.25) is 0 Å². The van der Waals surface area contributed by atoms with Crippen molar-refractivity contribution in [3.63, 3.8) is 0 Å². The van der Waals surface area contributed by atoms with Gasteiger partial charge in [0.15, 0.2) is 11.0 Å². The van der Waals surface area contributed by atoms with Crippen molar-refractivity contribution in [1.82, 2.24) is 14.8 Å². The molecule has 0 saturated heterocycles. The summed E-state index contributed by atoms with van der Waals surface area (Å²) in [7, 11) is 0. The van der Waals surface area contributed by atoms with Crippen LogP contribution in [0.3, 0.4) is 0 Å². The van der Waals surface area contributed by atoms with E-state index in [9.17, 15) is 9.18 Å². The molecule has 0 fully saturated rings. The smallest absolute Gasteiger partial charge is 0.234 e. The number of carbonyl (C=O) groups excluding carboxylic acids is 1. The van der Waals surface area contributed by atoms with E-state index in [1.165, 1.54) is 23.4 Å². The summed E-state index contributed by atoms with van der Waals surface area (Å²) >= 11 is 1.31.